The number of aromatic nitrogens is 1. The molecular formula is C19H24N4OS. The number of carbonyl (C=O) groups excluding carboxylic acids is 1. The van der Waals surface area contributed by atoms with Gasteiger partial charge in [-0.1, -0.05) is 36.4 Å². The number of piperazine rings is 1. The Labute approximate surface area is 153 Å². The predicted molar refractivity (Wildman–Crippen MR) is 104 cm³/mol. The molecule has 25 heavy (non-hydrogen) atoms. The van der Waals surface area contributed by atoms with Crippen LogP contribution in [-0.4, -0.2) is 54.4 Å². The van der Waals surface area contributed by atoms with Crippen LogP contribution in [0.15, 0.2) is 54.7 Å². The molecule has 3 rings (SSSR count). The maximum atomic E-state index is 12.2. The normalized spacial score (nSPS) is 14.4. The number of nitrogens with one attached hydrogen (secondary N) is 1. The van der Waals surface area contributed by atoms with Crippen LogP contribution in [-0.2, 0) is 5.75 Å². The summed E-state index contributed by atoms with van der Waals surface area (Å²) in [7, 11) is 0. The van der Waals surface area contributed by atoms with Gasteiger partial charge in [-0.3, -0.25) is 0 Å². The number of rotatable bonds is 6. The summed E-state index contributed by atoms with van der Waals surface area (Å²) in [5, 5.41) is 3.03. The van der Waals surface area contributed by atoms with Crippen molar-refractivity contribution in [3.05, 3.63) is 60.3 Å². The lowest BCUT2D eigenvalue weighted by atomic mass is 10.2. The molecule has 2 amide bonds. The van der Waals surface area contributed by atoms with Gasteiger partial charge in [0.2, 0.25) is 0 Å². The molecule has 1 N–H and O–H groups in total. The zero-order valence-electron chi connectivity index (χ0n) is 14.3. The highest BCUT2D eigenvalue weighted by atomic mass is 32.2. The monoisotopic (exact) mass is 356 g/mol. The molecule has 0 spiro atoms. The molecule has 1 aliphatic heterocycles. The first-order valence-electron chi connectivity index (χ1n) is 8.63. The second kappa shape index (κ2) is 9.32. The summed E-state index contributed by atoms with van der Waals surface area (Å²) in [6.07, 6.45) is 1.81. The molecule has 0 bridgehead atoms. The van der Waals surface area contributed by atoms with E-state index in [-0.39, 0.29) is 6.03 Å². The molecule has 0 radical (unpaired) electrons. The fourth-order valence-electron chi connectivity index (χ4n) is 2.79. The third-order valence-electron chi connectivity index (χ3n) is 4.17. The van der Waals surface area contributed by atoms with Gasteiger partial charge in [-0.05, 0) is 17.7 Å². The van der Waals surface area contributed by atoms with Gasteiger partial charge in [0.15, 0.2) is 0 Å². The van der Waals surface area contributed by atoms with Gasteiger partial charge in [-0.2, -0.15) is 11.8 Å². The number of pyridine rings is 1. The highest BCUT2D eigenvalue weighted by Crippen LogP contribution is 2.13. The van der Waals surface area contributed by atoms with Crippen molar-refractivity contribution in [2.45, 2.75) is 5.75 Å². The molecule has 2 aromatic rings. The van der Waals surface area contributed by atoms with E-state index in [0.717, 1.165) is 43.5 Å². The molecule has 1 saturated heterocycles. The Morgan fingerprint density at radius 2 is 1.80 bits per heavy atom. The molecule has 0 aliphatic carbocycles. The Bertz CT molecular complexity index is 645. The van der Waals surface area contributed by atoms with Gasteiger partial charge in [-0.15, -0.1) is 0 Å². The summed E-state index contributed by atoms with van der Waals surface area (Å²) in [5.74, 6) is 2.90. The summed E-state index contributed by atoms with van der Waals surface area (Å²) >= 11 is 1.84. The minimum Gasteiger partial charge on any atom is -0.353 e. The van der Waals surface area contributed by atoms with Crippen LogP contribution >= 0.6 is 11.8 Å². The van der Waals surface area contributed by atoms with Gasteiger partial charge in [0.1, 0.15) is 5.82 Å². The summed E-state index contributed by atoms with van der Waals surface area (Å²) in [6, 6.07) is 16.4. The summed E-state index contributed by atoms with van der Waals surface area (Å²) in [6.45, 7) is 3.83. The second-order valence-electron chi connectivity index (χ2n) is 5.93. The molecule has 0 unspecified atom stereocenters. The van der Waals surface area contributed by atoms with Gasteiger partial charge in [0.25, 0.3) is 0 Å². The standard InChI is InChI=1S/C19H24N4OS/c24-19(21-10-15-25-16-17-6-2-1-3-7-17)23-13-11-22(12-14-23)18-8-4-5-9-20-18/h1-9H,10-16H2,(H,21,24). The first-order valence-corrected chi connectivity index (χ1v) is 9.79. The van der Waals surface area contributed by atoms with E-state index in [0.29, 0.717) is 6.54 Å². The number of hydrogen-bond donors (Lipinski definition) is 1. The number of benzene rings is 1. The van der Waals surface area contributed by atoms with E-state index in [1.165, 1.54) is 5.56 Å². The van der Waals surface area contributed by atoms with Crippen molar-refractivity contribution >= 4 is 23.6 Å². The maximum Gasteiger partial charge on any atom is 0.317 e. The van der Waals surface area contributed by atoms with Gasteiger partial charge in [-0.25, -0.2) is 9.78 Å². The van der Waals surface area contributed by atoms with E-state index in [4.69, 9.17) is 0 Å². The van der Waals surface area contributed by atoms with Crippen LogP contribution in [0.25, 0.3) is 0 Å². The van der Waals surface area contributed by atoms with Crippen LogP contribution in [0.5, 0.6) is 0 Å². The highest BCUT2D eigenvalue weighted by molar-refractivity contribution is 7.98. The van der Waals surface area contributed by atoms with E-state index in [2.05, 4.69) is 39.5 Å². The Balaban J connectivity index is 1.31. The van der Waals surface area contributed by atoms with Crippen LogP contribution < -0.4 is 10.2 Å². The molecule has 1 aromatic heterocycles. The van der Waals surface area contributed by atoms with Crippen molar-refractivity contribution in [2.24, 2.45) is 0 Å². The largest absolute Gasteiger partial charge is 0.353 e. The molecule has 1 fully saturated rings. The van der Waals surface area contributed by atoms with E-state index < -0.39 is 0 Å². The van der Waals surface area contributed by atoms with Crippen LogP contribution in [0.3, 0.4) is 0 Å². The molecule has 5 nitrogen and oxygen atoms in total. The third kappa shape index (κ3) is 5.39. The van der Waals surface area contributed by atoms with Crippen LogP contribution in [0, 0.1) is 0 Å². The van der Waals surface area contributed by atoms with E-state index in [1.807, 2.05) is 47.1 Å². The average Bonchev–Trinajstić information content (AvgIpc) is 2.69. The molecule has 0 saturated carbocycles. The number of anilines is 1. The lowest BCUT2D eigenvalue weighted by Crippen LogP contribution is -2.52. The van der Waals surface area contributed by atoms with Crippen LogP contribution in [0.1, 0.15) is 5.56 Å². The minimum atomic E-state index is 0.0426. The Morgan fingerprint density at radius 3 is 2.52 bits per heavy atom. The molecule has 132 valence electrons. The van der Waals surface area contributed by atoms with Crippen LogP contribution in [0.2, 0.25) is 0 Å². The number of carbonyl (C=O) groups is 1. The Morgan fingerprint density at radius 1 is 1.04 bits per heavy atom. The van der Waals surface area contributed by atoms with Crippen molar-refractivity contribution in [1.82, 2.24) is 15.2 Å². The Hall–Kier alpha value is -2.21. The first kappa shape index (κ1) is 17.6. The number of hydrogen-bond acceptors (Lipinski definition) is 4. The predicted octanol–water partition coefficient (Wildman–Crippen LogP) is 2.85. The van der Waals surface area contributed by atoms with Gasteiger partial charge < -0.3 is 15.1 Å². The van der Waals surface area contributed by atoms with Crippen molar-refractivity contribution < 1.29 is 4.79 Å². The minimum absolute atomic E-state index is 0.0426. The van der Waals surface area contributed by atoms with Crippen molar-refractivity contribution in [2.75, 3.05) is 43.4 Å². The average molecular weight is 356 g/mol. The summed E-state index contributed by atoms with van der Waals surface area (Å²) < 4.78 is 0. The Kier molecular flexibility index (Phi) is 6.56. The number of amides is 2. The maximum absolute atomic E-state index is 12.2. The van der Waals surface area contributed by atoms with E-state index in [9.17, 15) is 4.79 Å². The fraction of sp³-hybridized carbons (Fsp3) is 0.368. The topological polar surface area (TPSA) is 48.5 Å². The lowest BCUT2D eigenvalue weighted by Gasteiger charge is -2.35. The summed E-state index contributed by atoms with van der Waals surface area (Å²) in [5.41, 5.74) is 1.32. The van der Waals surface area contributed by atoms with Gasteiger partial charge in [0, 0.05) is 50.4 Å². The lowest BCUT2D eigenvalue weighted by molar-refractivity contribution is 0.195. The smallest absolute Gasteiger partial charge is 0.317 e. The third-order valence-corrected chi connectivity index (χ3v) is 5.20. The number of nitrogens with zero attached hydrogens (tertiary/aromatic N) is 3. The van der Waals surface area contributed by atoms with Gasteiger partial charge >= 0.3 is 6.03 Å². The zero-order chi connectivity index (χ0) is 17.3. The summed E-state index contributed by atoms with van der Waals surface area (Å²) in [4.78, 5) is 20.7. The number of thioether (sulfide) groups is 1. The molecule has 1 aromatic carbocycles. The highest BCUT2D eigenvalue weighted by Gasteiger charge is 2.21. The molecule has 2 heterocycles. The molecular weight excluding hydrogens is 332 g/mol. The van der Waals surface area contributed by atoms with E-state index in [1.54, 1.807) is 0 Å². The number of urea groups is 1. The van der Waals surface area contributed by atoms with E-state index >= 15 is 0 Å². The van der Waals surface area contributed by atoms with Crippen molar-refractivity contribution in [3.8, 4) is 0 Å². The molecule has 1 aliphatic rings. The fourth-order valence-corrected chi connectivity index (χ4v) is 3.60. The quantitative estimate of drug-likeness (QED) is 0.809. The SMILES string of the molecule is O=C(NCCSCc1ccccc1)N1CCN(c2ccccn2)CC1. The van der Waals surface area contributed by atoms with Crippen molar-refractivity contribution in [3.63, 3.8) is 0 Å². The zero-order valence-corrected chi connectivity index (χ0v) is 15.1. The van der Waals surface area contributed by atoms with Gasteiger partial charge in [0.05, 0.1) is 0 Å². The second-order valence-corrected chi connectivity index (χ2v) is 7.04. The molecule has 6 heteroatoms. The van der Waals surface area contributed by atoms with Crippen LogP contribution in [0.4, 0.5) is 10.6 Å². The van der Waals surface area contributed by atoms with Crippen molar-refractivity contribution in [1.29, 1.82) is 0 Å². The molecule has 0 atom stereocenters. The first-order chi connectivity index (χ1) is 12.3.